The van der Waals surface area contributed by atoms with Gasteiger partial charge in [0, 0.05) is 13.6 Å². The highest BCUT2D eigenvalue weighted by molar-refractivity contribution is 5.78. The Balaban J connectivity index is 2.14. The highest BCUT2D eigenvalue weighted by Gasteiger charge is 2.34. The first-order valence-corrected chi connectivity index (χ1v) is 5.31. The van der Waals surface area contributed by atoms with E-state index in [9.17, 15) is 18.0 Å². The van der Waals surface area contributed by atoms with Crippen molar-refractivity contribution in [2.45, 2.75) is 19.5 Å². The summed E-state index contributed by atoms with van der Waals surface area (Å²) in [5.41, 5.74) is 0. The number of amides is 1. The molecule has 1 amide bonds. The Bertz CT molecular complexity index is 255. The fourth-order valence-electron chi connectivity index (χ4n) is 1.55. The molecule has 1 aliphatic rings. The van der Waals surface area contributed by atoms with Crippen LogP contribution in [0.4, 0.5) is 13.2 Å². The Hall–Kier alpha value is -0.780. The lowest BCUT2D eigenvalue weighted by Gasteiger charge is -2.17. The smallest absolute Gasteiger partial charge is 0.344 e. The van der Waals surface area contributed by atoms with Crippen LogP contribution in [0, 0.1) is 11.8 Å². The minimum atomic E-state index is -4.26. The van der Waals surface area contributed by atoms with Crippen LogP contribution >= 0.6 is 0 Å². The maximum Gasteiger partial charge on any atom is 0.401 e. The zero-order valence-corrected chi connectivity index (χ0v) is 9.47. The van der Waals surface area contributed by atoms with Crippen LogP contribution < -0.4 is 5.32 Å². The van der Waals surface area contributed by atoms with Gasteiger partial charge in [-0.15, -0.1) is 0 Å². The predicted molar refractivity (Wildman–Crippen MR) is 53.8 cm³/mol. The molecule has 1 fully saturated rings. The van der Waals surface area contributed by atoms with E-state index in [2.05, 4.69) is 12.2 Å². The summed E-state index contributed by atoms with van der Waals surface area (Å²) < 4.78 is 35.4. The van der Waals surface area contributed by atoms with Gasteiger partial charge >= 0.3 is 6.18 Å². The van der Waals surface area contributed by atoms with Crippen LogP contribution in [0.3, 0.4) is 0 Å². The van der Waals surface area contributed by atoms with E-state index in [1.165, 1.54) is 4.90 Å². The van der Waals surface area contributed by atoms with Crippen LogP contribution in [-0.2, 0) is 4.79 Å². The maximum atomic E-state index is 11.8. The van der Waals surface area contributed by atoms with E-state index >= 15 is 0 Å². The molecule has 0 aromatic rings. The van der Waals surface area contributed by atoms with Gasteiger partial charge in [-0.05, 0) is 18.3 Å². The molecule has 16 heavy (non-hydrogen) atoms. The number of nitrogens with zero attached hydrogens (tertiary/aromatic N) is 1. The third-order valence-corrected chi connectivity index (χ3v) is 2.81. The van der Waals surface area contributed by atoms with Gasteiger partial charge in [0.15, 0.2) is 0 Å². The lowest BCUT2D eigenvalue weighted by Crippen LogP contribution is -2.40. The van der Waals surface area contributed by atoms with Crippen LogP contribution in [-0.4, -0.2) is 43.7 Å². The van der Waals surface area contributed by atoms with Crippen molar-refractivity contribution in [3.8, 4) is 0 Å². The zero-order chi connectivity index (χ0) is 12.3. The van der Waals surface area contributed by atoms with E-state index in [-0.39, 0.29) is 12.5 Å². The predicted octanol–water partition coefficient (Wildman–Crippen LogP) is 1.25. The first-order chi connectivity index (χ1) is 7.29. The molecular formula is C10H17F3N2O. The second kappa shape index (κ2) is 5.03. The van der Waals surface area contributed by atoms with Gasteiger partial charge < -0.3 is 10.2 Å². The molecule has 2 atom stereocenters. The summed E-state index contributed by atoms with van der Waals surface area (Å²) >= 11 is 0. The first kappa shape index (κ1) is 13.3. The number of nitrogens with one attached hydrogen (secondary N) is 1. The third-order valence-electron chi connectivity index (χ3n) is 2.81. The molecular weight excluding hydrogens is 221 g/mol. The molecule has 0 radical (unpaired) electrons. The zero-order valence-electron chi connectivity index (χ0n) is 9.47. The van der Waals surface area contributed by atoms with Crippen molar-refractivity contribution in [2.24, 2.45) is 11.8 Å². The molecule has 3 nitrogen and oxygen atoms in total. The quantitative estimate of drug-likeness (QED) is 0.782. The van der Waals surface area contributed by atoms with E-state index in [0.717, 1.165) is 6.42 Å². The molecule has 0 spiro atoms. The normalized spacial score (nSPS) is 24.3. The van der Waals surface area contributed by atoms with Crippen LogP contribution in [0.2, 0.25) is 0 Å². The fraction of sp³-hybridized carbons (Fsp3) is 0.900. The third kappa shape index (κ3) is 4.83. The number of hydrogen-bond acceptors (Lipinski definition) is 2. The molecule has 1 N–H and O–H groups in total. The summed E-state index contributed by atoms with van der Waals surface area (Å²) in [4.78, 5) is 12.9. The molecule has 2 unspecified atom stereocenters. The minimum absolute atomic E-state index is 0.253. The maximum absolute atomic E-state index is 11.8. The highest BCUT2D eigenvalue weighted by Crippen LogP contribution is 2.37. The van der Waals surface area contributed by atoms with Crippen molar-refractivity contribution in [3.63, 3.8) is 0 Å². The fourth-order valence-corrected chi connectivity index (χ4v) is 1.55. The Labute approximate surface area is 93.0 Å². The van der Waals surface area contributed by atoms with E-state index in [4.69, 9.17) is 0 Å². The van der Waals surface area contributed by atoms with Crippen molar-refractivity contribution < 1.29 is 18.0 Å². The first-order valence-electron chi connectivity index (χ1n) is 5.31. The molecule has 0 saturated heterocycles. The molecule has 1 saturated carbocycles. The van der Waals surface area contributed by atoms with Crippen LogP contribution in [0.1, 0.15) is 13.3 Å². The molecule has 0 bridgehead atoms. The summed E-state index contributed by atoms with van der Waals surface area (Å²) in [5, 5.41) is 2.09. The second-order valence-corrected chi connectivity index (χ2v) is 4.47. The van der Waals surface area contributed by atoms with Crippen molar-refractivity contribution in [2.75, 3.05) is 26.7 Å². The molecule has 6 heteroatoms. The monoisotopic (exact) mass is 238 g/mol. The van der Waals surface area contributed by atoms with E-state index in [1.54, 1.807) is 7.05 Å². The number of likely N-dealkylation sites (N-methyl/N-ethyl adjacent to an activating group) is 1. The van der Waals surface area contributed by atoms with E-state index in [0.29, 0.717) is 18.4 Å². The summed E-state index contributed by atoms with van der Waals surface area (Å²) in [6, 6.07) is 0. The Morgan fingerprint density at radius 3 is 2.50 bits per heavy atom. The summed E-state index contributed by atoms with van der Waals surface area (Å²) in [5.74, 6) is 0.873. The van der Waals surface area contributed by atoms with Crippen LogP contribution in [0.15, 0.2) is 0 Å². The van der Waals surface area contributed by atoms with Gasteiger partial charge in [-0.25, -0.2) is 0 Å². The van der Waals surface area contributed by atoms with Gasteiger partial charge in [0.05, 0.1) is 13.1 Å². The Morgan fingerprint density at radius 1 is 1.50 bits per heavy atom. The van der Waals surface area contributed by atoms with E-state index < -0.39 is 12.7 Å². The summed E-state index contributed by atoms with van der Waals surface area (Å²) in [6.07, 6.45) is -3.16. The van der Waals surface area contributed by atoms with Gasteiger partial charge in [-0.3, -0.25) is 4.79 Å². The molecule has 0 heterocycles. The van der Waals surface area contributed by atoms with Gasteiger partial charge in [-0.2, -0.15) is 13.2 Å². The molecule has 94 valence electrons. The minimum Gasteiger partial charge on any atom is -0.344 e. The lowest BCUT2D eigenvalue weighted by molar-refractivity contribution is -0.133. The molecule has 0 aliphatic heterocycles. The topological polar surface area (TPSA) is 32.3 Å². The van der Waals surface area contributed by atoms with Crippen molar-refractivity contribution in [1.82, 2.24) is 10.2 Å². The average Bonchev–Trinajstić information content (AvgIpc) is 2.79. The average molecular weight is 238 g/mol. The standard InChI is InChI=1S/C10H17F3N2O/c1-7-3-8(7)5-15(2)9(16)4-14-6-10(11,12)13/h7-8,14H,3-6H2,1-2H3. The van der Waals surface area contributed by atoms with Crippen LogP contribution in [0.25, 0.3) is 0 Å². The van der Waals surface area contributed by atoms with Gasteiger partial charge in [0.2, 0.25) is 5.91 Å². The number of carbonyl (C=O) groups is 1. The second-order valence-electron chi connectivity index (χ2n) is 4.47. The number of halogens is 3. The van der Waals surface area contributed by atoms with Gasteiger partial charge in [0.25, 0.3) is 0 Å². The van der Waals surface area contributed by atoms with Crippen LogP contribution in [0.5, 0.6) is 0 Å². The van der Waals surface area contributed by atoms with Gasteiger partial charge in [-0.1, -0.05) is 6.92 Å². The molecule has 0 aromatic carbocycles. The summed E-state index contributed by atoms with van der Waals surface area (Å²) in [7, 11) is 1.63. The number of carbonyl (C=O) groups excluding carboxylic acids is 1. The molecule has 1 aliphatic carbocycles. The van der Waals surface area contributed by atoms with Gasteiger partial charge in [0.1, 0.15) is 0 Å². The SMILES string of the molecule is CC1CC1CN(C)C(=O)CNCC(F)(F)F. The van der Waals surface area contributed by atoms with Crippen molar-refractivity contribution >= 4 is 5.91 Å². The number of alkyl halides is 3. The largest absolute Gasteiger partial charge is 0.401 e. The Kier molecular flexibility index (Phi) is 4.18. The Morgan fingerprint density at radius 2 is 2.06 bits per heavy atom. The van der Waals surface area contributed by atoms with Crippen molar-refractivity contribution in [1.29, 1.82) is 0 Å². The number of rotatable bonds is 5. The summed E-state index contributed by atoms with van der Waals surface area (Å²) in [6.45, 7) is 1.38. The molecule has 1 rings (SSSR count). The number of hydrogen-bond donors (Lipinski definition) is 1. The lowest BCUT2D eigenvalue weighted by atomic mass is 10.3. The van der Waals surface area contributed by atoms with E-state index in [1.807, 2.05) is 0 Å². The van der Waals surface area contributed by atoms with Crippen molar-refractivity contribution in [3.05, 3.63) is 0 Å². The highest BCUT2D eigenvalue weighted by atomic mass is 19.4. The molecule has 0 aromatic heterocycles.